The molecule has 2 atom stereocenters. The fourth-order valence-electron chi connectivity index (χ4n) is 6.08. The van der Waals surface area contributed by atoms with Crippen LogP contribution in [0.15, 0.2) is 71.2 Å². The molecule has 2 heterocycles. The van der Waals surface area contributed by atoms with Gasteiger partial charge in [0.2, 0.25) is 0 Å². The number of hydrogen-bond donors (Lipinski definition) is 2. The molecule has 1 saturated carbocycles. The maximum absolute atomic E-state index is 14.2. The van der Waals surface area contributed by atoms with Crippen LogP contribution in [0.25, 0.3) is 0 Å². The number of carbonyl (C=O) groups is 1. The van der Waals surface area contributed by atoms with Gasteiger partial charge in [-0.25, -0.2) is 4.68 Å². The van der Waals surface area contributed by atoms with Crippen molar-refractivity contribution in [3.05, 3.63) is 103 Å². The van der Waals surface area contributed by atoms with E-state index in [0.717, 1.165) is 52.9 Å². The molecule has 0 saturated heterocycles. The zero-order valence-corrected chi connectivity index (χ0v) is 26.5. The number of nitrogens with one attached hydrogen (secondary N) is 2. The van der Waals surface area contributed by atoms with Gasteiger partial charge in [-0.1, -0.05) is 58.9 Å². The fraction of sp³-hybridized carbons (Fsp3) is 0.312. The maximum Gasteiger partial charge on any atom is 0.410 e. The first-order valence-corrected chi connectivity index (χ1v) is 15.9. The van der Waals surface area contributed by atoms with Crippen LogP contribution < -0.4 is 15.4 Å². The standard InChI is InChI=1S/C32H28BrClF3N5O4/c33-20-8-6-19(7-9-20)26-16-29(32(35,36)37)41-30(39-26)17-27(40-41)31(43)38-22-13-23(42(44)45)15-24(14-22)46-28-11-10-21(34)12-25(28)18-4-2-1-3-5-18/h6-15,17-18,26,29,39H,1-5,16H2,(H,38,43)/t26-,29-/m1/s1. The molecular formula is C32H28BrClF3N5O4. The van der Waals surface area contributed by atoms with Crippen LogP contribution in [0.4, 0.5) is 30.4 Å². The van der Waals surface area contributed by atoms with Gasteiger partial charge in [0.05, 0.1) is 22.7 Å². The van der Waals surface area contributed by atoms with Crippen molar-refractivity contribution in [2.45, 2.75) is 62.7 Å². The van der Waals surface area contributed by atoms with Crippen molar-refractivity contribution in [2.24, 2.45) is 0 Å². The van der Waals surface area contributed by atoms with Crippen molar-refractivity contribution in [3.63, 3.8) is 0 Å². The summed E-state index contributed by atoms with van der Waals surface area (Å²) in [6, 6.07) is 14.5. The van der Waals surface area contributed by atoms with Gasteiger partial charge in [0.15, 0.2) is 11.7 Å². The summed E-state index contributed by atoms with van der Waals surface area (Å²) in [6.45, 7) is 0. The van der Waals surface area contributed by atoms with Gasteiger partial charge >= 0.3 is 6.18 Å². The molecule has 0 bridgehead atoms. The van der Waals surface area contributed by atoms with Crippen molar-refractivity contribution in [1.29, 1.82) is 0 Å². The summed E-state index contributed by atoms with van der Waals surface area (Å²) < 4.78 is 50.2. The van der Waals surface area contributed by atoms with E-state index >= 15 is 0 Å². The van der Waals surface area contributed by atoms with E-state index in [9.17, 15) is 28.1 Å². The molecule has 0 radical (unpaired) electrons. The summed E-state index contributed by atoms with van der Waals surface area (Å²) in [6.07, 6.45) is 0.274. The Balaban J connectivity index is 1.27. The number of halogens is 5. The number of benzene rings is 3. The highest BCUT2D eigenvalue weighted by molar-refractivity contribution is 9.10. The SMILES string of the molecule is O=C(Nc1cc(Oc2ccc(Cl)cc2C2CCCCC2)cc([N+](=O)[O-])c1)c1cc2n(n1)[C@@H](C(F)(F)F)C[C@H](c1ccc(Br)cc1)N2. The summed E-state index contributed by atoms with van der Waals surface area (Å²) in [5, 5.41) is 21.9. The molecule has 1 aliphatic heterocycles. The smallest absolute Gasteiger partial charge is 0.410 e. The van der Waals surface area contributed by atoms with Gasteiger partial charge < -0.3 is 15.4 Å². The molecule has 14 heteroatoms. The number of rotatable bonds is 7. The number of fused-ring (bicyclic) bond motifs is 1. The van der Waals surface area contributed by atoms with Gasteiger partial charge in [-0.2, -0.15) is 18.3 Å². The lowest BCUT2D eigenvalue weighted by Gasteiger charge is -2.33. The number of nitrogens with zero attached hydrogens (tertiary/aromatic N) is 3. The average Bonchev–Trinajstić information content (AvgIpc) is 3.46. The van der Waals surface area contributed by atoms with Crippen LogP contribution in [0.5, 0.6) is 11.5 Å². The molecule has 9 nitrogen and oxygen atoms in total. The number of non-ortho nitro benzene ring substituents is 1. The normalized spacial score (nSPS) is 18.4. The highest BCUT2D eigenvalue weighted by Crippen LogP contribution is 2.44. The zero-order valence-electron chi connectivity index (χ0n) is 24.2. The number of nitro groups is 1. The van der Waals surface area contributed by atoms with Crippen molar-refractivity contribution < 1.29 is 27.6 Å². The first kappa shape index (κ1) is 31.9. The van der Waals surface area contributed by atoms with Crippen LogP contribution in [0.2, 0.25) is 5.02 Å². The Morgan fingerprint density at radius 2 is 1.80 bits per heavy atom. The molecule has 2 N–H and O–H groups in total. The molecule has 46 heavy (non-hydrogen) atoms. The van der Waals surface area contributed by atoms with Gasteiger partial charge in [0.1, 0.15) is 17.3 Å². The molecule has 240 valence electrons. The molecule has 1 aromatic heterocycles. The third-order valence-electron chi connectivity index (χ3n) is 8.30. The molecule has 4 aromatic rings. The largest absolute Gasteiger partial charge is 0.457 e. The zero-order chi connectivity index (χ0) is 32.6. The van der Waals surface area contributed by atoms with Crippen LogP contribution in [-0.2, 0) is 0 Å². The predicted molar refractivity (Wildman–Crippen MR) is 171 cm³/mol. The minimum Gasteiger partial charge on any atom is -0.457 e. The summed E-state index contributed by atoms with van der Waals surface area (Å²) in [5.41, 5.74) is 0.926. The van der Waals surface area contributed by atoms with Gasteiger partial charge in [-0.3, -0.25) is 14.9 Å². The average molecular weight is 719 g/mol. The van der Waals surface area contributed by atoms with E-state index in [1.54, 1.807) is 36.4 Å². The maximum atomic E-state index is 14.2. The molecular weight excluding hydrogens is 691 g/mol. The number of ether oxygens (including phenoxy) is 1. The second-order valence-electron chi connectivity index (χ2n) is 11.4. The van der Waals surface area contributed by atoms with Gasteiger partial charge in [0, 0.05) is 34.1 Å². The highest BCUT2D eigenvalue weighted by Gasteiger charge is 2.47. The third-order valence-corrected chi connectivity index (χ3v) is 9.06. The number of carbonyl (C=O) groups excluding carboxylic acids is 1. The minimum atomic E-state index is -4.63. The van der Waals surface area contributed by atoms with Crippen molar-refractivity contribution >= 4 is 50.6 Å². The van der Waals surface area contributed by atoms with Crippen molar-refractivity contribution in [2.75, 3.05) is 10.6 Å². The number of alkyl halides is 3. The molecule has 1 fully saturated rings. The summed E-state index contributed by atoms with van der Waals surface area (Å²) >= 11 is 9.63. The summed E-state index contributed by atoms with van der Waals surface area (Å²) in [7, 11) is 0. The quantitative estimate of drug-likeness (QED) is 0.145. The van der Waals surface area contributed by atoms with E-state index in [1.807, 2.05) is 6.07 Å². The van der Waals surface area contributed by atoms with E-state index in [4.69, 9.17) is 16.3 Å². The third kappa shape index (κ3) is 7.00. The molecule has 1 aliphatic carbocycles. The molecule has 1 amide bonds. The Morgan fingerprint density at radius 3 is 2.50 bits per heavy atom. The summed E-state index contributed by atoms with van der Waals surface area (Å²) in [5.74, 6) is 0.00714. The van der Waals surface area contributed by atoms with E-state index in [2.05, 4.69) is 31.7 Å². The Bertz CT molecular complexity index is 1780. The monoisotopic (exact) mass is 717 g/mol. The first-order chi connectivity index (χ1) is 21.9. The Kier molecular flexibility index (Phi) is 8.97. The number of amides is 1. The molecule has 0 spiro atoms. The Labute approximate surface area is 275 Å². The lowest BCUT2D eigenvalue weighted by atomic mass is 9.84. The lowest BCUT2D eigenvalue weighted by molar-refractivity contribution is -0.384. The highest BCUT2D eigenvalue weighted by atomic mass is 79.9. The van der Waals surface area contributed by atoms with Crippen molar-refractivity contribution in [1.82, 2.24) is 9.78 Å². The van der Waals surface area contributed by atoms with E-state index in [1.165, 1.54) is 18.2 Å². The molecule has 2 aliphatic rings. The van der Waals surface area contributed by atoms with E-state index < -0.39 is 29.1 Å². The van der Waals surface area contributed by atoms with Crippen molar-refractivity contribution in [3.8, 4) is 11.5 Å². The number of hydrogen-bond acceptors (Lipinski definition) is 6. The van der Waals surface area contributed by atoms with Gasteiger partial charge in [-0.15, -0.1) is 0 Å². The van der Waals surface area contributed by atoms with E-state index in [-0.39, 0.29) is 41.0 Å². The fourth-order valence-corrected chi connectivity index (χ4v) is 6.53. The topological polar surface area (TPSA) is 111 Å². The van der Waals surface area contributed by atoms with E-state index in [0.29, 0.717) is 16.3 Å². The number of aromatic nitrogens is 2. The first-order valence-electron chi connectivity index (χ1n) is 14.7. The second-order valence-corrected chi connectivity index (χ2v) is 12.8. The lowest BCUT2D eigenvalue weighted by Crippen LogP contribution is -2.35. The van der Waals surface area contributed by atoms with Gasteiger partial charge in [-0.05, 0) is 60.2 Å². The summed E-state index contributed by atoms with van der Waals surface area (Å²) in [4.78, 5) is 24.5. The predicted octanol–water partition coefficient (Wildman–Crippen LogP) is 9.96. The van der Waals surface area contributed by atoms with Gasteiger partial charge in [0.25, 0.3) is 11.6 Å². The van der Waals surface area contributed by atoms with Crippen LogP contribution in [0.3, 0.4) is 0 Å². The van der Waals surface area contributed by atoms with Crippen LogP contribution in [0.1, 0.15) is 78.1 Å². The Morgan fingerprint density at radius 1 is 1.07 bits per heavy atom. The number of anilines is 2. The van der Waals surface area contributed by atoms with Crippen LogP contribution >= 0.6 is 27.5 Å². The minimum absolute atomic E-state index is 0.0152. The molecule has 3 aromatic carbocycles. The Hall–Kier alpha value is -4.10. The van der Waals surface area contributed by atoms with Crippen LogP contribution in [-0.4, -0.2) is 26.8 Å². The second kappa shape index (κ2) is 13.0. The molecule has 6 rings (SSSR count). The van der Waals surface area contributed by atoms with Crippen LogP contribution in [0, 0.1) is 10.1 Å². The molecule has 0 unspecified atom stereocenters. The number of nitro benzene ring substituents is 1.